The molecule has 0 aliphatic carbocycles. The number of nitriles is 1. The molecule has 20 heavy (non-hydrogen) atoms. The van der Waals surface area contributed by atoms with Crippen LogP contribution in [0.3, 0.4) is 0 Å². The second-order valence-electron chi connectivity index (χ2n) is 3.45. The number of amides is 1. The van der Waals surface area contributed by atoms with Crippen LogP contribution in [0.1, 0.15) is 10.4 Å². The Labute approximate surface area is 119 Å². The van der Waals surface area contributed by atoms with Gasteiger partial charge in [-0.15, -0.1) is 0 Å². The van der Waals surface area contributed by atoms with Crippen LogP contribution in [0.2, 0.25) is 0 Å². The Morgan fingerprint density at radius 2 is 2.15 bits per heavy atom. The molecule has 1 aromatic rings. The number of hydrogen-bond donors (Lipinski definition) is 3. The first-order chi connectivity index (χ1) is 9.58. The monoisotopic (exact) mass is 292 g/mol. The van der Waals surface area contributed by atoms with E-state index in [1.807, 2.05) is 0 Å². The lowest BCUT2D eigenvalue weighted by atomic mass is 10.1. The van der Waals surface area contributed by atoms with Gasteiger partial charge in [0.15, 0.2) is 11.4 Å². The summed E-state index contributed by atoms with van der Waals surface area (Å²) < 4.78 is 0. The topological polar surface area (TPSA) is 115 Å². The third kappa shape index (κ3) is 4.62. The molecule has 0 spiro atoms. The standard InChI is InChI=1S/C12H12N4O3S/c1-20-12(15-7-13)16-9-5-3-2-4-8(9)11(19)14-6-10(17)18/h2-5H,6H2,1H3,(H,14,19)(H,15,16)(H,17,18). The molecule has 0 saturated heterocycles. The van der Waals surface area contributed by atoms with E-state index in [2.05, 4.69) is 15.6 Å². The lowest BCUT2D eigenvalue weighted by Crippen LogP contribution is -2.29. The molecule has 0 bridgehead atoms. The molecule has 8 heteroatoms. The van der Waals surface area contributed by atoms with Crippen LogP contribution in [-0.4, -0.2) is 35.0 Å². The Kier molecular flexibility index (Phi) is 6.06. The van der Waals surface area contributed by atoms with Crippen molar-refractivity contribution in [3.8, 4) is 6.19 Å². The Bertz CT molecular complexity index is 580. The zero-order valence-electron chi connectivity index (χ0n) is 10.6. The van der Waals surface area contributed by atoms with E-state index in [-0.39, 0.29) is 5.56 Å². The molecule has 1 aromatic carbocycles. The van der Waals surface area contributed by atoms with Crippen molar-refractivity contribution in [3.63, 3.8) is 0 Å². The van der Waals surface area contributed by atoms with Gasteiger partial charge in [-0.05, 0) is 18.4 Å². The summed E-state index contributed by atoms with van der Waals surface area (Å²) >= 11 is 1.22. The number of aliphatic imine (C=N–C) groups is 1. The lowest BCUT2D eigenvalue weighted by Gasteiger charge is -2.06. The van der Waals surface area contributed by atoms with Gasteiger partial charge in [0, 0.05) is 0 Å². The summed E-state index contributed by atoms with van der Waals surface area (Å²) in [5, 5.41) is 22.1. The maximum atomic E-state index is 11.9. The van der Waals surface area contributed by atoms with E-state index < -0.39 is 18.4 Å². The van der Waals surface area contributed by atoms with Crippen LogP contribution < -0.4 is 10.6 Å². The summed E-state index contributed by atoms with van der Waals surface area (Å²) in [6, 6.07) is 6.47. The van der Waals surface area contributed by atoms with Gasteiger partial charge >= 0.3 is 5.97 Å². The SMILES string of the molecule is CSC(=Nc1ccccc1C(=O)NCC(=O)O)NC#N. The predicted octanol–water partition coefficient (Wildman–Crippen LogP) is 0.922. The number of hydrogen-bond acceptors (Lipinski definition) is 5. The third-order valence-corrected chi connectivity index (χ3v) is 2.71. The van der Waals surface area contributed by atoms with Crippen molar-refractivity contribution in [2.24, 2.45) is 4.99 Å². The number of nitrogens with zero attached hydrogens (tertiary/aromatic N) is 2. The minimum absolute atomic E-state index is 0.236. The zero-order chi connectivity index (χ0) is 15.0. The quantitative estimate of drug-likeness (QED) is 0.329. The first-order valence-corrected chi connectivity index (χ1v) is 6.67. The number of aliphatic carboxylic acids is 1. The number of carboxylic acids is 1. The number of thioether (sulfide) groups is 1. The van der Waals surface area contributed by atoms with Crippen molar-refractivity contribution in [3.05, 3.63) is 29.8 Å². The van der Waals surface area contributed by atoms with E-state index >= 15 is 0 Å². The van der Waals surface area contributed by atoms with Crippen LogP contribution in [0.15, 0.2) is 29.3 Å². The number of carboxylic acid groups (broad SMARTS) is 1. The third-order valence-electron chi connectivity index (χ3n) is 2.13. The largest absolute Gasteiger partial charge is 0.480 e. The number of para-hydroxylation sites is 1. The zero-order valence-corrected chi connectivity index (χ0v) is 11.4. The number of carbonyl (C=O) groups is 2. The fourth-order valence-electron chi connectivity index (χ4n) is 1.30. The van der Waals surface area contributed by atoms with Gasteiger partial charge in [-0.3, -0.25) is 14.9 Å². The van der Waals surface area contributed by atoms with Crippen LogP contribution in [0.25, 0.3) is 0 Å². The van der Waals surface area contributed by atoms with E-state index in [1.165, 1.54) is 17.8 Å². The fraction of sp³-hybridized carbons (Fsp3) is 0.167. The van der Waals surface area contributed by atoms with Crippen LogP contribution in [0.4, 0.5) is 5.69 Å². The first kappa shape index (κ1) is 15.5. The highest BCUT2D eigenvalue weighted by Crippen LogP contribution is 2.19. The highest BCUT2D eigenvalue weighted by Gasteiger charge is 2.12. The van der Waals surface area contributed by atoms with Gasteiger partial charge in [-0.1, -0.05) is 23.9 Å². The number of nitrogens with one attached hydrogen (secondary N) is 2. The molecule has 0 aliphatic heterocycles. The van der Waals surface area contributed by atoms with E-state index in [0.717, 1.165) is 0 Å². The number of rotatable bonds is 4. The lowest BCUT2D eigenvalue weighted by molar-refractivity contribution is -0.135. The van der Waals surface area contributed by atoms with Crippen LogP contribution in [0, 0.1) is 11.5 Å². The van der Waals surface area contributed by atoms with Crippen molar-refractivity contribution in [2.75, 3.05) is 12.8 Å². The first-order valence-electron chi connectivity index (χ1n) is 5.45. The molecule has 0 radical (unpaired) electrons. The van der Waals surface area contributed by atoms with Crippen LogP contribution >= 0.6 is 11.8 Å². The smallest absolute Gasteiger partial charge is 0.322 e. The summed E-state index contributed by atoms with van der Waals surface area (Å²) in [5.41, 5.74) is 0.586. The number of benzene rings is 1. The van der Waals surface area contributed by atoms with Crippen molar-refractivity contribution in [1.82, 2.24) is 10.6 Å². The van der Waals surface area contributed by atoms with Crippen molar-refractivity contribution >= 4 is 34.5 Å². The molecule has 1 amide bonds. The number of carbonyl (C=O) groups excluding carboxylic acids is 1. The average molecular weight is 292 g/mol. The van der Waals surface area contributed by atoms with Crippen LogP contribution in [-0.2, 0) is 4.79 Å². The maximum Gasteiger partial charge on any atom is 0.322 e. The summed E-state index contributed by atoms with van der Waals surface area (Å²) in [4.78, 5) is 26.5. The van der Waals surface area contributed by atoms with Gasteiger partial charge in [0.05, 0.1) is 11.3 Å². The minimum atomic E-state index is -1.13. The van der Waals surface area contributed by atoms with Crippen molar-refractivity contribution in [2.45, 2.75) is 0 Å². The Morgan fingerprint density at radius 1 is 1.45 bits per heavy atom. The maximum absolute atomic E-state index is 11.9. The predicted molar refractivity (Wildman–Crippen MR) is 75.8 cm³/mol. The van der Waals surface area contributed by atoms with E-state index in [4.69, 9.17) is 10.4 Å². The molecule has 104 valence electrons. The van der Waals surface area contributed by atoms with Gasteiger partial charge < -0.3 is 10.4 Å². The van der Waals surface area contributed by atoms with Gasteiger partial charge in [0.25, 0.3) is 5.91 Å². The Morgan fingerprint density at radius 3 is 2.75 bits per heavy atom. The molecule has 1 rings (SSSR count). The van der Waals surface area contributed by atoms with E-state index in [0.29, 0.717) is 10.9 Å². The van der Waals surface area contributed by atoms with Crippen molar-refractivity contribution < 1.29 is 14.7 Å². The van der Waals surface area contributed by atoms with Crippen molar-refractivity contribution in [1.29, 1.82) is 5.26 Å². The summed E-state index contributed by atoms with van der Waals surface area (Å²) in [6.45, 7) is -0.470. The molecular formula is C12H12N4O3S. The normalized spacial score (nSPS) is 10.5. The van der Waals surface area contributed by atoms with E-state index in [1.54, 1.807) is 30.6 Å². The summed E-state index contributed by atoms with van der Waals surface area (Å²) in [7, 11) is 0. The van der Waals surface area contributed by atoms with Gasteiger partial charge in [0.1, 0.15) is 6.54 Å². The van der Waals surface area contributed by atoms with E-state index in [9.17, 15) is 9.59 Å². The molecular weight excluding hydrogens is 280 g/mol. The molecule has 0 aliphatic rings. The molecule has 0 heterocycles. The second kappa shape index (κ2) is 7.81. The molecule has 0 fully saturated rings. The average Bonchev–Trinajstić information content (AvgIpc) is 2.44. The number of amidine groups is 1. The summed E-state index contributed by atoms with van der Waals surface area (Å²) in [6.07, 6.45) is 3.48. The molecule has 0 saturated carbocycles. The van der Waals surface area contributed by atoms with Gasteiger partial charge in [-0.25, -0.2) is 4.99 Å². The highest BCUT2D eigenvalue weighted by atomic mass is 32.2. The minimum Gasteiger partial charge on any atom is -0.480 e. The summed E-state index contributed by atoms with van der Waals surface area (Å²) in [5.74, 6) is -1.67. The molecule has 7 nitrogen and oxygen atoms in total. The Balaban J connectivity index is 3.01. The second-order valence-corrected chi connectivity index (χ2v) is 4.25. The highest BCUT2D eigenvalue weighted by molar-refractivity contribution is 8.13. The fourth-order valence-corrected chi connectivity index (χ4v) is 1.63. The van der Waals surface area contributed by atoms with Gasteiger partial charge in [0.2, 0.25) is 0 Å². The van der Waals surface area contributed by atoms with Crippen LogP contribution in [0.5, 0.6) is 0 Å². The molecule has 0 unspecified atom stereocenters. The van der Waals surface area contributed by atoms with Gasteiger partial charge in [-0.2, -0.15) is 5.26 Å². The Hall–Kier alpha value is -2.53. The molecule has 3 N–H and O–H groups in total. The molecule has 0 aromatic heterocycles. The molecule has 0 atom stereocenters.